The van der Waals surface area contributed by atoms with Gasteiger partial charge in [-0.15, -0.1) is 0 Å². The number of nitrogens with zero attached hydrogens (tertiary/aromatic N) is 1. The van der Waals surface area contributed by atoms with Crippen molar-refractivity contribution in [1.82, 2.24) is 4.90 Å². The van der Waals surface area contributed by atoms with Crippen molar-refractivity contribution in [3.05, 3.63) is 35.4 Å². The maximum Gasteiger partial charge on any atom is 0.176 e. The zero-order valence-corrected chi connectivity index (χ0v) is 11.0. The van der Waals surface area contributed by atoms with Crippen LogP contribution in [0.1, 0.15) is 30.1 Å². The monoisotopic (exact) mass is 271 g/mol. The van der Waals surface area contributed by atoms with E-state index < -0.39 is 11.6 Å². The number of carbonyl (C=O) groups is 1. The lowest BCUT2D eigenvalue weighted by molar-refractivity contribution is 0.0913. The molecule has 1 aromatic carbocycles. The van der Waals surface area contributed by atoms with Crippen LogP contribution in [0, 0.1) is 11.6 Å². The smallest absolute Gasteiger partial charge is 0.176 e. The van der Waals surface area contributed by atoms with Gasteiger partial charge in [-0.05, 0) is 31.2 Å². The Hall–Kier alpha value is -1.33. The van der Waals surface area contributed by atoms with Crippen LogP contribution in [-0.4, -0.2) is 42.0 Å². The van der Waals surface area contributed by atoms with E-state index in [0.717, 1.165) is 25.0 Å². The topological polar surface area (TPSA) is 40.5 Å². The summed E-state index contributed by atoms with van der Waals surface area (Å²) in [5.41, 5.74) is 0.151. The second-order valence-corrected chi connectivity index (χ2v) is 4.41. The SMILES string of the molecule is CCCCN(CCO)CC(=O)c1ccc(F)c(F)c1. The fourth-order valence-electron chi connectivity index (χ4n) is 1.76. The molecular formula is C14H19F2NO2. The van der Waals surface area contributed by atoms with Gasteiger partial charge in [0.15, 0.2) is 17.4 Å². The minimum absolute atomic E-state index is 0.0330. The van der Waals surface area contributed by atoms with Gasteiger partial charge in [0.05, 0.1) is 13.2 Å². The molecule has 1 N–H and O–H groups in total. The van der Waals surface area contributed by atoms with E-state index in [9.17, 15) is 13.6 Å². The lowest BCUT2D eigenvalue weighted by atomic mass is 10.1. The molecule has 1 aromatic rings. The normalized spacial score (nSPS) is 11.0. The van der Waals surface area contributed by atoms with Crippen LogP contribution in [0.5, 0.6) is 0 Å². The first-order chi connectivity index (χ1) is 9.08. The van der Waals surface area contributed by atoms with Crippen molar-refractivity contribution in [1.29, 1.82) is 0 Å². The quantitative estimate of drug-likeness (QED) is 0.737. The molecule has 5 heteroatoms. The lowest BCUT2D eigenvalue weighted by Gasteiger charge is -2.20. The third-order valence-electron chi connectivity index (χ3n) is 2.85. The summed E-state index contributed by atoms with van der Waals surface area (Å²) >= 11 is 0. The van der Waals surface area contributed by atoms with Crippen LogP contribution in [0.3, 0.4) is 0 Å². The average molecular weight is 271 g/mol. The Morgan fingerprint density at radius 3 is 2.58 bits per heavy atom. The number of halogens is 2. The maximum absolute atomic E-state index is 13.0. The van der Waals surface area contributed by atoms with Crippen molar-refractivity contribution in [2.75, 3.05) is 26.2 Å². The summed E-state index contributed by atoms with van der Waals surface area (Å²) in [7, 11) is 0. The fourth-order valence-corrected chi connectivity index (χ4v) is 1.76. The number of aliphatic hydroxyl groups is 1. The largest absolute Gasteiger partial charge is 0.395 e. The highest BCUT2D eigenvalue weighted by Gasteiger charge is 2.13. The molecule has 19 heavy (non-hydrogen) atoms. The van der Waals surface area contributed by atoms with E-state index in [0.29, 0.717) is 13.1 Å². The molecule has 0 amide bonds. The Balaban J connectivity index is 2.66. The summed E-state index contributed by atoms with van der Waals surface area (Å²) in [6.07, 6.45) is 1.91. The number of carbonyl (C=O) groups excluding carboxylic acids is 1. The lowest BCUT2D eigenvalue weighted by Crippen LogP contribution is -2.33. The molecular weight excluding hydrogens is 252 g/mol. The Morgan fingerprint density at radius 2 is 2.00 bits per heavy atom. The van der Waals surface area contributed by atoms with E-state index in [1.165, 1.54) is 6.07 Å². The number of unbranched alkanes of at least 4 members (excludes halogenated alkanes) is 1. The average Bonchev–Trinajstić information content (AvgIpc) is 2.39. The molecule has 0 bridgehead atoms. The highest BCUT2D eigenvalue weighted by atomic mass is 19.2. The number of ketones is 1. The van der Waals surface area contributed by atoms with Gasteiger partial charge in [-0.25, -0.2) is 8.78 Å². The molecule has 106 valence electrons. The van der Waals surface area contributed by atoms with Crippen molar-refractivity contribution >= 4 is 5.78 Å². The molecule has 0 aromatic heterocycles. The molecule has 0 unspecified atom stereocenters. The number of benzene rings is 1. The van der Waals surface area contributed by atoms with Gasteiger partial charge in [0.2, 0.25) is 0 Å². The fraction of sp³-hybridized carbons (Fsp3) is 0.500. The van der Waals surface area contributed by atoms with Crippen LogP contribution in [-0.2, 0) is 0 Å². The summed E-state index contributed by atoms with van der Waals surface area (Å²) in [5, 5.41) is 8.94. The van der Waals surface area contributed by atoms with E-state index in [1.807, 2.05) is 11.8 Å². The molecule has 0 radical (unpaired) electrons. The Kier molecular flexibility index (Phi) is 6.59. The van der Waals surface area contributed by atoms with E-state index in [1.54, 1.807) is 0 Å². The third-order valence-corrected chi connectivity index (χ3v) is 2.85. The van der Waals surface area contributed by atoms with Gasteiger partial charge in [0.25, 0.3) is 0 Å². The number of hydrogen-bond donors (Lipinski definition) is 1. The molecule has 3 nitrogen and oxygen atoms in total. The predicted octanol–water partition coefficient (Wildman–Crippen LogP) is 2.24. The summed E-state index contributed by atoms with van der Waals surface area (Å²) in [5.74, 6) is -2.26. The molecule has 0 aliphatic heterocycles. The molecule has 0 aliphatic rings. The predicted molar refractivity (Wildman–Crippen MR) is 69.1 cm³/mol. The van der Waals surface area contributed by atoms with Crippen LogP contribution in [0.15, 0.2) is 18.2 Å². The van der Waals surface area contributed by atoms with E-state index in [2.05, 4.69) is 0 Å². The summed E-state index contributed by atoms with van der Waals surface area (Å²) in [4.78, 5) is 13.8. The van der Waals surface area contributed by atoms with Gasteiger partial charge in [0, 0.05) is 12.1 Å². The van der Waals surface area contributed by atoms with E-state index in [4.69, 9.17) is 5.11 Å². The van der Waals surface area contributed by atoms with Crippen molar-refractivity contribution in [3.63, 3.8) is 0 Å². The molecule has 1 rings (SSSR count). The van der Waals surface area contributed by atoms with Crippen molar-refractivity contribution < 1.29 is 18.7 Å². The van der Waals surface area contributed by atoms with E-state index in [-0.39, 0.29) is 24.5 Å². The van der Waals surface area contributed by atoms with Gasteiger partial charge < -0.3 is 5.11 Å². The van der Waals surface area contributed by atoms with Crippen LogP contribution in [0.4, 0.5) is 8.78 Å². The van der Waals surface area contributed by atoms with Crippen LogP contribution in [0.25, 0.3) is 0 Å². The first-order valence-electron chi connectivity index (χ1n) is 6.40. The highest BCUT2D eigenvalue weighted by molar-refractivity contribution is 5.97. The van der Waals surface area contributed by atoms with Crippen LogP contribution in [0.2, 0.25) is 0 Å². The minimum atomic E-state index is -1.02. The van der Waals surface area contributed by atoms with Gasteiger partial charge in [-0.1, -0.05) is 13.3 Å². The van der Waals surface area contributed by atoms with Gasteiger partial charge in [0.1, 0.15) is 0 Å². The van der Waals surface area contributed by atoms with Gasteiger partial charge >= 0.3 is 0 Å². The van der Waals surface area contributed by atoms with Crippen molar-refractivity contribution in [2.24, 2.45) is 0 Å². The van der Waals surface area contributed by atoms with Gasteiger partial charge in [-0.2, -0.15) is 0 Å². The molecule has 0 spiro atoms. The molecule has 0 atom stereocenters. The molecule has 0 saturated heterocycles. The number of Topliss-reactive ketones (excluding diaryl/α,β-unsaturated/α-hetero) is 1. The minimum Gasteiger partial charge on any atom is -0.395 e. The van der Waals surface area contributed by atoms with Crippen molar-refractivity contribution in [3.8, 4) is 0 Å². The summed E-state index contributed by atoms with van der Waals surface area (Å²) in [6.45, 7) is 3.20. The third kappa shape index (κ3) is 5.04. The van der Waals surface area contributed by atoms with Crippen LogP contribution < -0.4 is 0 Å². The summed E-state index contributed by atoms with van der Waals surface area (Å²) in [6, 6.07) is 3.14. The zero-order chi connectivity index (χ0) is 14.3. The second-order valence-electron chi connectivity index (χ2n) is 4.41. The first-order valence-corrected chi connectivity index (χ1v) is 6.40. The van der Waals surface area contributed by atoms with Crippen molar-refractivity contribution in [2.45, 2.75) is 19.8 Å². The number of aliphatic hydroxyl groups excluding tert-OH is 1. The first kappa shape index (κ1) is 15.7. The standard InChI is InChI=1S/C14H19F2NO2/c1-2-3-6-17(7-8-18)10-14(19)11-4-5-12(15)13(16)9-11/h4-5,9,18H,2-3,6-8,10H2,1H3. The molecule has 0 aliphatic carbocycles. The number of rotatable bonds is 8. The van der Waals surface area contributed by atoms with E-state index >= 15 is 0 Å². The van der Waals surface area contributed by atoms with Crippen LogP contribution >= 0.6 is 0 Å². The molecule has 0 heterocycles. The zero-order valence-electron chi connectivity index (χ0n) is 11.0. The number of hydrogen-bond acceptors (Lipinski definition) is 3. The maximum atomic E-state index is 13.0. The highest BCUT2D eigenvalue weighted by Crippen LogP contribution is 2.10. The second kappa shape index (κ2) is 7.96. The Bertz CT molecular complexity index is 424. The summed E-state index contributed by atoms with van der Waals surface area (Å²) < 4.78 is 25.8. The Morgan fingerprint density at radius 1 is 1.26 bits per heavy atom. The molecule has 0 fully saturated rings. The van der Waals surface area contributed by atoms with Gasteiger partial charge in [-0.3, -0.25) is 9.69 Å². The Labute approximate surface area is 111 Å². The molecule has 0 saturated carbocycles.